The van der Waals surface area contributed by atoms with Gasteiger partial charge in [-0.05, 0) is 43.7 Å². The number of para-hydroxylation sites is 1. The van der Waals surface area contributed by atoms with Crippen LogP contribution in [0.4, 0.5) is 5.69 Å². The van der Waals surface area contributed by atoms with Gasteiger partial charge in [-0.2, -0.15) is 0 Å². The van der Waals surface area contributed by atoms with Gasteiger partial charge >= 0.3 is 0 Å². The molecule has 0 aliphatic heterocycles. The fourth-order valence-corrected chi connectivity index (χ4v) is 2.11. The van der Waals surface area contributed by atoms with Crippen molar-refractivity contribution in [2.24, 2.45) is 11.7 Å². The number of nitrogens with two attached hydrogens (primary N) is 1. The number of aryl methyl sites for hydroxylation is 2. The second-order valence-electron chi connectivity index (χ2n) is 5.02. The number of benzene rings is 1. The van der Waals surface area contributed by atoms with Gasteiger partial charge in [0.2, 0.25) is 5.91 Å². The fraction of sp³-hybridized carbons (Fsp3) is 0.500. The molecule has 0 heterocycles. The third kappa shape index (κ3) is 3.07. The van der Waals surface area contributed by atoms with E-state index in [1.807, 2.05) is 32.0 Å². The van der Waals surface area contributed by atoms with Crippen LogP contribution in [0.3, 0.4) is 0 Å². The van der Waals surface area contributed by atoms with Crippen molar-refractivity contribution in [1.82, 2.24) is 0 Å². The van der Waals surface area contributed by atoms with Gasteiger partial charge in [-0.15, -0.1) is 0 Å². The third-order valence-corrected chi connectivity index (χ3v) is 3.39. The van der Waals surface area contributed by atoms with E-state index < -0.39 is 0 Å². The summed E-state index contributed by atoms with van der Waals surface area (Å²) >= 11 is 0. The van der Waals surface area contributed by atoms with Crippen LogP contribution < -0.4 is 11.1 Å². The van der Waals surface area contributed by atoms with Crippen molar-refractivity contribution in [2.45, 2.75) is 39.2 Å². The van der Waals surface area contributed by atoms with Gasteiger partial charge in [0.05, 0.1) is 0 Å². The van der Waals surface area contributed by atoms with Crippen LogP contribution in [0.25, 0.3) is 0 Å². The number of hydrogen-bond donors (Lipinski definition) is 2. The summed E-state index contributed by atoms with van der Waals surface area (Å²) in [6.07, 6.45) is 2.79. The molecule has 1 amide bonds. The summed E-state index contributed by atoms with van der Waals surface area (Å²) in [5, 5.41) is 2.97. The van der Waals surface area contributed by atoms with E-state index in [9.17, 15) is 4.79 Å². The zero-order valence-corrected chi connectivity index (χ0v) is 10.5. The van der Waals surface area contributed by atoms with Gasteiger partial charge in [-0.25, -0.2) is 0 Å². The van der Waals surface area contributed by atoms with E-state index in [2.05, 4.69) is 5.32 Å². The standard InChI is InChI=1S/C14H20N2O/c1-9-4-3-5-10(2)14(9)16-13(17)8-12(15)11-6-7-11/h3-5,11-12H,6-8,15H2,1-2H3,(H,16,17). The van der Waals surface area contributed by atoms with Gasteiger partial charge in [0, 0.05) is 18.2 Å². The van der Waals surface area contributed by atoms with Crippen LogP contribution in [-0.2, 0) is 4.79 Å². The van der Waals surface area contributed by atoms with Crippen LogP contribution in [-0.4, -0.2) is 11.9 Å². The Bertz CT molecular complexity index is 404. The van der Waals surface area contributed by atoms with Crippen LogP contribution in [0.5, 0.6) is 0 Å². The van der Waals surface area contributed by atoms with Gasteiger partial charge in [0.15, 0.2) is 0 Å². The molecule has 0 saturated heterocycles. The Labute approximate surface area is 102 Å². The summed E-state index contributed by atoms with van der Waals surface area (Å²) in [7, 11) is 0. The normalized spacial score (nSPS) is 16.6. The average molecular weight is 232 g/mol. The first-order valence-electron chi connectivity index (χ1n) is 6.19. The molecule has 1 fully saturated rings. The summed E-state index contributed by atoms with van der Waals surface area (Å²) in [6.45, 7) is 4.01. The molecule has 1 aliphatic carbocycles. The number of hydrogen-bond acceptors (Lipinski definition) is 2. The predicted octanol–water partition coefficient (Wildman–Crippen LogP) is 2.37. The molecule has 1 atom stereocenters. The minimum absolute atomic E-state index is 0.0272. The van der Waals surface area contributed by atoms with Crippen molar-refractivity contribution in [3.05, 3.63) is 29.3 Å². The van der Waals surface area contributed by atoms with E-state index in [0.29, 0.717) is 12.3 Å². The lowest BCUT2D eigenvalue weighted by Crippen LogP contribution is -2.29. The lowest BCUT2D eigenvalue weighted by atomic mass is 10.1. The Hall–Kier alpha value is -1.35. The fourth-order valence-electron chi connectivity index (χ4n) is 2.11. The van der Waals surface area contributed by atoms with Crippen LogP contribution in [0.15, 0.2) is 18.2 Å². The monoisotopic (exact) mass is 232 g/mol. The zero-order chi connectivity index (χ0) is 12.4. The Kier molecular flexibility index (Phi) is 3.48. The number of carbonyl (C=O) groups is 1. The van der Waals surface area contributed by atoms with Crippen molar-refractivity contribution < 1.29 is 4.79 Å². The average Bonchev–Trinajstić information content (AvgIpc) is 3.07. The van der Waals surface area contributed by atoms with Gasteiger partial charge in [0.25, 0.3) is 0 Å². The Morgan fingerprint density at radius 2 is 2.00 bits per heavy atom. The number of rotatable bonds is 4. The van der Waals surface area contributed by atoms with Crippen LogP contribution in [0, 0.1) is 19.8 Å². The highest BCUT2D eigenvalue weighted by atomic mass is 16.1. The number of amides is 1. The molecule has 92 valence electrons. The predicted molar refractivity (Wildman–Crippen MR) is 69.9 cm³/mol. The maximum atomic E-state index is 11.9. The van der Waals surface area contributed by atoms with Gasteiger partial charge in [0.1, 0.15) is 0 Å². The Balaban J connectivity index is 1.97. The van der Waals surface area contributed by atoms with Crippen LogP contribution in [0.1, 0.15) is 30.4 Å². The highest BCUT2D eigenvalue weighted by Gasteiger charge is 2.29. The minimum atomic E-state index is 0.0272. The van der Waals surface area contributed by atoms with Crippen LogP contribution in [0.2, 0.25) is 0 Å². The molecule has 3 nitrogen and oxygen atoms in total. The number of anilines is 1. The van der Waals surface area contributed by atoms with Gasteiger partial charge in [-0.3, -0.25) is 4.79 Å². The molecule has 1 unspecified atom stereocenters. The highest BCUT2D eigenvalue weighted by molar-refractivity contribution is 5.92. The highest BCUT2D eigenvalue weighted by Crippen LogP contribution is 2.33. The molecule has 17 heavy (non-hydrogen) atoms. The molecule has 1 saturated carbocycles. The smallest absolute Gasteiger partial charge is 0.225 e. The molecule has 2 rings (SSSR count). The number of carbonyl (C=O) groups excluding carboxylic acids is 1. The summed E-state index contributed by atoms with van der Waals surface area (Å²) in [6, 6.07) is 6.03. The minimum Gasteiger partial charge on any atom is -0.327 e. The van der Waals surface area contributed by atoms with Gasteiger partial charge in [-0.1, -0.05) is 18.2 Å². The Morgan fingerprint density at radius 3 is 2.53 bits per heavy atom. The molecule has 0 radical (unpaired) electrons. The van der Waals surface area contributed by atoms with E-state index in [0.717, 1.165) is 16.8 Å². The van der Waals surface area contributed by atoms with E-state index in [1.165, 1.54) is 12.8 Å². The first-order valence-corrected chi connectivity index (χ1v) is 6.19. The van der Waals surface area contributed by atoms with E-state index in [4.69, 9.17) is 5.73 Å². The molecule has 1 aromatic carbocycles. The molecule has 0 spiro atoms. The second-order valence-corrected chi connectivity index (χ2v) is 5.02. The van der Waals surface area contributed by atoms with Crippen molar-refractivity contribution >= 4 is 11.6 Å². The van der Waals surface area contributed by atoms with Crippen molar-refractivity contribution in [3.63, 3.8) is 0 Å². The molecule has 0 bridgehead atoms. The summed E-state index contributed by atoms with van der Waals surface area (Å²) in [5.41, 5.74) is 9.07. The summed E-state index contributed by atoms with van der Waals surface area (Å²) < 4.78 is 0. The molecule has 3 N–H and O–H groups in total. The van der Waals surface area contributed by atoms with Crippen molar-refractivity contribution in [3.8, 4) is 0 Å². The largest absolute Gasteiger partial charge is 0.327 e. The SMILES string of the molecule is Cc1cccc(C)c1NC(=O)CC(N)C1CC1. The zero-order valence-electron chi connectivity index (χ0n) is 10.5. The first kappa shape index (κ1) is 12.1. The molecular formula is C14H20N2O. The number of nitrogens with one attached hydrogen (secondary N) is 1. The lowest BCUT2D eigenvalue weighted by Gasteiger charge is -2.14. The maximum absolute atomic E-state index is 11.9. The van der Waals surface area contributed by atoms with Crippen LogP contribution >= 0.6 is 0 Å². The lowest BCUT2D eigenvalue weighted by molar-refractivity contribution is -0.116. The van der Waals surface area contributed by atoms with Crippen molar-refractivity contribution in [1.29, 1.82) is 0 Å². The molecule has 1 aromatic rings. The summed E-state index contributed by atoms with van der Waals surface area (Å²) in [4.78, 5) is 11.9. The maximum Gasteiger partial charge on any atom is 0.225 e. The van der Waals surface area contributed by atoms with E-state index in [1.54, 1.807) is 0 Å². The first-order chi connectivity index (χ1) is 8.08. The Morgan fingerprint density at radius 1 is 1.41 bits per heavy atom. The molecule has 0 aromatic heterocycles. The van der Waals surface area contributed by atoms with E-state index in [-0.39, 0.29) is 11.9 Å². The summed E-state index contributed by atoms with van der Waals surface area (Å²) in [5.74, 6) is 0.598. The quantitative estimate of drug-likeness (QED) is 0.837. The molecule has 3 heteroatoms. The van der Waals surface area contributed by atoms with Crippen molar-refractivity contribution in [2.75, 3.05) is 5.32 Å². The molecule has 1 aliphatic rings. The topological polar surface area (TPSA) is 55.1 Å². The second kappa shape index (κ2) is 4.88. The van der Waals surface area contributed by atoms with Gasteiger partial charge < -0.3 is 11.1 Å². The third-order valence-electron chi connectivity index (χ3n) is 3.39. The molecular weight excluding hydrogens is 212 g/mol. The van der Waals surface area contributed by atoms with E-state index >= 15 is 0 Å².